The monoisotopic (exact) mass is 270 g/mol. The minimum absolute atomic E-state index is 0.00333. The Morgan fingerprint density at radius 1 is 1.21 bits per heavy atom. The Bertz CT molecular complexity index is 367. The van der Waals surface area contributed by atoms with E-state index in [2.05, 4.69) is 0 Å². The lowest BCUT2D eigenvalue weighted by Gasteiger charge is -2.30. The van der Waals surface area contributed by atoms with Crippen LogP contribution < -0.4 is 0 Å². The largest absolute Gasteiger partial charge is 0.466 e. The van der Waals surface area contributed by atoms with Crippen LogP contribution in [0.2, 0.25) is 0 Å². The summed E-state index contributed by atoms with van der Waals surface area (Å²) in [4.78, 5) is 35.4. The molecule has 0 aromatic heterocycles. The van der Waals surface area contributed by atoms with Crippen molar-refractivity contribution < 1.29 is 23.9 Å². The molecule has 1 rings (SSSR count). The molecular formula is C14H22O5. The molecule has 2 atom stereocenters. The molecule has 5 nitrogen and oxygen atoms in total. The lowest BCUT2D eigenvalue weighted by molar-refractivity contribution is -0.171. The lowest BCUT2D eigenvalue weighted by Crippen LogP contribution is -2.40. The van der Waals surface area contributed by atoms with Crippen LogP contribution in [0.15, 0.2) is 0 Å². The highest BCUT2D eigenvalue weighted by Crippen LogP contribution is 2.31. The number of ketones is 1. The summed E-state index contributed by atoms with van der Waals surface area (Å²) in [6.07, 6.45) is 0.753. The van der Waals surface area contributed by atoms with Crippen LogP contribution in [0, 0.1) is 11.8 Å². The molecule has 0 amide bonds. The maximum Gasteiger partial charge on any atom is 0.310 e. The summed E-state index contributed by atoms with van der Waals surface area (Å²) < 4.78 is 10.3. The molecule has 1 aliphatic carbocycles. The molecule has 1 saturated carbocycles. The van der Waals surface area contributed by atoms with Gasteiger partial charge in [0.05, 0.1) is 18.4 Å². The number of Topliss-reactive ketones (excluding diaryl/α,β-unsaturated/α-hetero) is 1. The van der Waals surface area contributed by atoms with E-state index in [-0.39, 0.29) is 18.8 Å². The molecule has 0 saturated heterocycles. The zero-order valence-electron chi connectivity index (χ0n) is 12.0. The summed E-state index contributed by atoms with van der Waals surface area (Å²) in [5.41, 5.74) is -0.628. The normalized spacial score (nSPS) is 23.9. The van der Waals surface area contributed by atoms with E-state index in [9.17, 15) is 14.4 Å². The van der Waals surface area contributed by atoms with Crippen LogP contribution >= 0.6 is 0 Å². The number of hydrogen-bond acceptors (Lipinski definition) is 5. The summed E-state index contributed by atoms with van der Waals surface area (Å²) in [5, 5.41) is 0. The molecule has 1 aliphatic rings. The van der Waals surface area contributed by atoms with Gasteiger partial charge in [-0.3, -0.25) is 14.4 Å². The second kappa shape index (κ2) is 6.17. The molecule has 19 heavy (non-hydrogen) atoms. The van der Waals surface area contributed by atoms with Gasteiger partial charge in [-0.25, -0.2) is 0 Å². The number of carbonyl (C=O) groups is 3. The number of hydrogen-bond donors (Lipinski definition) is 0. The van der Waals surface area contributed by atoms with E-state index in [0.29, 0.717) is 12.8 Å². The summed E-state index contributed by atoms with van der Waals surface area (Å²) in [6.45, 7) is 7.26. The van der Waals surface area contributed by atoms with Crippen LogP contribution in [0.25, 0.3) is 0 Å². The van der Waals surface area contributed by atoms with Gasteiger partial charge >= 0.3 is 11.9 Å². The zero-order valence-corrected chi connectivity index (χ0v) is 12.0. The molecule has 1 fully saturated rings. The zero-order chi connectivity index (χ0) is 14.6. The Balaban J connectivity index is 2.81. The fourth-order valence-electron chi connectivity index (χ4n) is 2.16. The molecule has 0 aromatic rings. The van der Waals surface area contributed by atoms with Crippen molar-refractivity contribution in [2.24, 2.45) is 11.8 Å². The van der Waals surface area contributed by atoms with E-state index in [1.54, 1.807) is 27.7 Å². The number of rotatable bonds is 3. The Morgan fingerprint density at radius 2 is 1.84 bits per heavy atom. The molecular weight excluding hydrogens is 248 g/mol. The van der Waals surface area contributed by atoms with Gasteiger partial charge in [0.15, 0.2) is 0 Å². The predicted molar refractivity (Wildman–Crippen MR) is 68.3 cm³/mol. The Morgan fingerprint density at radius 3 is 2.37 bits per heavy atom. The molecule has 0 unspecified atom stereocenters. The van der Waals surface area contributed by atoms with Crippen molar-refractivity contribution in [3.8, 4) is 0 Å². The first kappa shape index (κ1) is 15.7. The van der Waals surface area contributed by atoms with Gasteiger partial charge in [0.2, 0.25) is 0 Å². The van der Waals surface area contributed by atoms with Gasteiger partial charge in [-0.05, 0) is 34.1 Å². The highest BCUT2D eigenvalue weighted by molar-refractivity contribution is 5.90. The average molecular weight is 270 g/mol. The maximum absolute atomic E-state index is 12.1. The summed E-state index contributed by atoms with van der Waals surface area (Å²) in [6, 6.07) is 0. The van der Waals surface area contributed by atoms with Gasteiger partial charge in [-0.15, -0.1) is 0 Å². The second-order valence-electron chi connectivity index (χ2n) is 5.78. The quantitative estimate of drug-likeness (QED) is 0.732. The molecule has 0 bridgehead atoms. The molecule has 5 heteroatoms. The maximum atomic E-state index is 12.1. The Kier molecular flexibility index (Phi) is 5.09. The molecule has 0 spiro atoms. The smallest absolute Gasteiger partial charge is 0.310 e. The third-order valence-electron chi connectivity index (χ3n) is 2.97. The van der Waals surface area contributed by atoms with Crippen LogP contribution in [0.5, 0.6) is 0 Å². The fourth-order valence-corrected chi connectivity index (χ4v) is 2.16. The standard InChI is InChI=1S/C14H22O5/c1-5-18-12(16)10-7-6-9(15)8-11(10)13(17)19-14(2,3)4/h10-11H,5-8H2,1-4H3/t10-,11-/m0/s1. The number of carbonyl (C=O) groups excluding carboxylic acids is 3. The van der Waals surface area contributed by atoms with Gasteiger partial charge in [0, 0.05) is 12.8 Å². The van der Waals surface area contributed by atoms with E-state index in [4.69, 9.17) is 9.47 Å². The molecule has 0 radical (unpaired) electrons. The highest BCUT2D eigenvalue weighted by atomic mass is 16.6. The topological polar surface area (TPSA) is 69.7 Å². The van der Waals surface area contributed by atoms with E-state index < -0.39 is 29.4 Å². The van der Waals surface area contributed by atoms with Crippen LogP contribution in [-0.2, 0) is 23.9 Å². The van der Waals surface area contributed by atoms with E-state index in [0.717, 1.165) is 0 Å². The van der Waals surface area contributed by atoms with Crippen molar-refractivity contribution in [2.75, 3.05) is 6.61 Å². The van der Waals surface area contributed by atoms with Crippen LogP contribution in [-0.4, -0.2) is 29.9 Å². The van der Waals surface area contributed by atoms with E-state index >= 15 is 0 Å². The minimum Gasteiger partial charge on any atom is -0.466 e. The van der Waals surface area contributed by atoms with Gasteiger partial charge in [-0.2, -0.15) is 0 Å². The van der Waals surface area contributed by atoms with Crippen molar-refractivity contribution in [1.29, 1.82) is 0 Å². The number of esters is 2. The minimum atomic E-state index is -0.709. The van der Waals surface area contributed by atoms with Crippen LogP contribution in [0.1, 0.15) is 47.0 Å². The van der Waals surface area contributed by atoms with Crippen LogP contribution in [0.3, 0.4) is 0 Å². The van der Waals surface area contributed by atoms with Gasteiger partial charge in [0.1, 0.15) is 11.4 Å². The van der Waals surface area contributed by atoms with Crippen molar-refractivity contribution in [3.63, 3.8) is 0 Å². The second-order valence-corrected chi connectivity index (χ2v) is 5.78. The summed E-state index contributed by atoms with van der Waals surface area (Å²) in [5.74, 6) is -2.17. The van der Waals surface area contributed by atoms with E-state index in [1.807, 2.05) is 0 Å². The third-order valence-corrected chi connectivity index (χ3v) is 2.97. The molecule has 0 heterocycles. The first-order valence-corrected chi connectivity index (χ1v) is 6.65. The Labute approximate surface area is 113 Å². The van der Waals surface area contributed by atoms with Crippen molar-refractivity contribution in [1.82, 2.24) is 0 Å². The average Bonchev–Trinajstić information content (AvgIpc) is 2.26. The summed E-state index contributed by atoms with van der Waals surface area (Å²) in [7, 11) is 0. The first-order chi connectivity index (χ1) is 8.74. The molecule has 108 valence electrons. The fraction of sp³-hybridized carbons (Fsp3) is 0.786. The SMILES string of the molecule is CCOC(=O)[C@H]1CCC(=O)C[C@@H]1C(=O)OC(C)(C)C. The Hall–Kier alpha value is -1.39. The van der Waals surface area contributed by atoms with Gasteiger partial charge in [-0.1, -0.05) is 0 Å². The first-order valence-electron chi connectivity index (χ1n) is 6.65. The molecule has 0 N–H and O–H groups in total. The summed E-state index contributed by atoms with van der Waals surface area (Å²) >= 11 is 0. The molecule has 0 aliphatic heterocycles. The van der Waals surface area contributed by atoms with E-state index in [1.165, 1.54) is 0 Å². The van der Waals surface area contributed by atoms with Gasteiger partial charge in [0.25, 0.3) is 0 Å². The highest BCUT2D eigenvalue weighted by Gasteiger charge is 2.41. The molecule has 0 aromatic carbocycles. The van der Waals surface area contributed by atoms with Crippen LogP contribution in [0.4, 0.5) is 0 Å². The number of ether oxygens (including phenoxy) is 2. The predicted octanol–water partition coefficient (Wildman–Crippen LogP) is 1.88. The third kappa shape index (κ3) is 4.65. The van der Waals surface area contributed by atoms with Crippen molar-refractivity contribution in [2.45, 2.75) is 52.6 Å². The van der Waals surface area contributed by atoms with Crippen molar-refractivity contribution in [3.05, 3.63) is 0 Å². The van der Waals surface area contributed by atoms with Gasteiger partial charge < -0.3 is 9.47 Å². The lowest BCUT2D eigenvalue weighted by atomic mass is 9.78. The van der Waals surface area contributed by atoms with Crippen molar-refractivity contribution >= 4 is 17.7 Å².